The number of H-pyrrole nitrogens is 1. The van der Waals surface area contributed by atoms with E-state index in [1.54, 1.807) is 30.3 Å². The Kier molecular flexibility index (Phi) is 5.43. The summed E-state index contributed by atoms with van der Waals surface area (Å²) in [6.07, 6.45) is 0.783. The predicted molar refractivity (Wildman–Crippen MR) is 89.0 cm³/mol. The second kappa shape index (κ2) is 7.92. The largest absolute Gasteiger partial charge is 0.494 e. The lowest BCUT2D eigenvalue weighted by Gasteiger charge is -2.04. The van der Waals surface area contributed by atoms with Gasteiger partial charge in [0.15, 0.2) is 5.82 Å². The minimum atomic E-state index is -0.335. The minimum absolute atomic E-state index is 0.284. The first-order valence-corrected chi connectivity index (χ1v) is 8.39. The fraction of sp³-hybridized carbons (Fsp3) is 0.176. The van der Waals surface area contributed by atoms with Crippen LogP contribution in [-0.2, 0) is 0 Å². The molecule has 0 aliphatic heterocycles. The van der Waals surface area contributed by atoms with Crippen LogP contribution in [0.5, 0.6) is 5.75 Å². The van der Waals surface area contributed by atoms with Crippen LogP contribution in [-0.4, -0.2) is 27.5 Å². The molecule has 1 aromatic heterocycles. The molecule has 124 valence electrons. The average molecular weight is 347 g/mol. The molecule has 0 saturated heterocycles. The van der Waals surface area contributed by atoms with Gasteiger partial charge in [-0.15, -0.1) is 5.10 Å². The number of nitrogens with one attached hydrogen (secondary N) is 1. The molecule has 3 rings (SSSR count). The topological polar surface area (TPSA) is 50.8 Å². The number of hydrogen-bond donors (Lipinski definition) is 1. The first kappa shape index (κ1) is 16.4. The molecule has 0 amide bonds. The van der Waals surface area contributed by atoms with Crippen LogP contribution in [0.3, 0.4) is 0 Å². The van der Waals surface area contributed by atoms with Crippen molar-refractivity contribution in [3.05, 3.63) is 60.2 Å². The molecule has 1 heterocycles. The predicted octanol–water partition coefficient (Wildman–Crippen LogP) is 4.31. The standard InChI is InChI=1S/C17H15F2N3OS/c18-12-6-8-13(9-7-12)23-10-3-11-24-17-20-16(21-22-17)14-4-1-2-5-15(14)19/h1-2,4-9H,3,10-11H2,(H,20,21,22). The van der Waals surface area contributed by atoms with Crippen LogP contribution in [0.2, 0.25) is 0 Å². The van der Waals surface area contributed by atoms with Crippen molar-refractivity contribution in [3.63, 3.8) is 0 Å². The summed E-state index contributed by atoms with van der Waals surface area (Å²) in [6, 6.07) is 12.3. The summed E-state index contributed by atoms with van der Waals surface area (Å²) in [5.41, 5.74) is 0.400. The molecule has 0 spiro atoms. The summed E-state index contributed by atoms with van der Waals surface area (Å²) >= 11 is 1.46. The highest BCUT2D eigenvalue weighted by molar-refractivity contribution is 7.99. The number of aromatic amines is 1. The summed E-state index contributed by atoms with van der Waals surface area (Å²) in [6.45, 7) is 0.517. The fourth-order valence-corrected chi connectivity index (χ4v) is 2.74. The normalized spacial score (nSPS) is 10.8. The number of rotatable bonds is 7. The van der Waals surface area contributed by atoms with Crippen molar-refractivity contribution >= 4 is 11.8 Å². The van der Waals surface area contributed by atoms with Crippen molar-refractivity contribution in [1.82, 2.24) is 15.2 Å². The van der Waals surface area contributed by atoms with E-state index in [1.807, 2.05) is 0 Å². The first-order chi connectivity index (χ1) is 11.7. The lowest BCUT2D eigenvalue weighted by Crippen LogP contribution is -1.98. The van der Waals surface area contributed by atoms with E-state index in [-0.39, 0.29) is 11.6 Å². The van der Waals surface area contributed by atoms with Crippen LogP contribution in [0.15, 0.2) is 53.7 Å². The van der Waals surface area contributed by atoms with Crippen molar-refractivity contribution in [3.8, 4) is 17.1 Å². The number of ether oxygens (including phenoxy) is 1. The number of thioether (sulfide) groups is 1. The fourth-order valence-electron chi connectivity index (χ4n) is 2.03. The van der Waals surface area contributed by atoms with Crippen LogP contribution in [0.25, 0.3) is 11.4 Å². The highest BCUT2D eigenvalue weighted by Crippen LogP contribution is 2.22. The van der Waals surface area contributed by atoms with Gasteiger partial charge >= 0.3 is 0 Å². The summed E-state index contributed by atoms with van der Waals surface area (Å²) in [7, 11) is 0. The molecule has 0 radical (unpaired) electrons. The van der Waals surface area contributed by atoms with E-state index in [0.29, 0.717) is 28.9 Å². The molecule has 24 heavy (non-hydrogen) atoms. The Morgan fingerprint density at radius 2 is 1.83 bits per heavy atom. The lowest BCUT2D eigenvalue weighted by atomic mass is 10.2. The van der Waals surface area contributed by atoms with Crippen molar-refractivity contribution in [2.45, 2.75) is 11.6 Å². The van der Waals surface area contributed by atoms with E-state index in [2.05, 4.69) is 15.2 Å². The molecule has 4 nitrogen and oxygen atoms in total. The molecule has 1 N–H and O–H groups in total. The maximum atomic E-state index is 13.7. The minimum Gasteiger partial charge on any atom is -0.494 e. The van der Waals surface area contributed by atoms with Gasteiger partial charge in [-0.05, 0) is 42.8 Å². The Labute approximate surface area is 142 Å². The number of nitrogens with zero attached hydrogens (tertiary/aromatic N) is 2. The van der Waals surface area contributed by atoms with Gasteiger partial charge in [-0.3, -0.25) is 5.10 Å². The van der Waals surface area contributed by atoms with Gasteiger partial charge in [0.25, 0.3) is 0 Å². The molecule has 7 heteroatoms. The zero-order valence-corrected chi connectivity index (χ0v) is 13.5. The van der Waals surface area contributed by atoms with Crippen LogP contribution in [0, 0.1) is 11.6 Å². The third-order valence-corrected chi connectivity index (χ3v) is 4.13. The monoisotopic (exact) mass is 347 g/mol. The van der Waals surface area contributed by atoms with Gasteiger partial charge in [-0.2, -0.15) is 0 Å². The van der Waals surface area contributed by atoms with Crippen LogP contribution in [0.1, 0.15) is 6.42 Å². The van der Waals surface area contributed by atoms with E-state index >= 15 is 0 Å². The SMILES string of the molecule is Fc1ccc(OCCCSc2n[nH]c(-c3ccccc3F)n2)cc1. The Hall–Kier alpha value is -2.41. The molecule has 3 aromatic rings. The van der Waals surface area contributed by atoms with Crippen molar-refractivity contribution in [2.24, 2.45) is 0 Å². The van der Waals surface area contributed by atoms with Gasteiger partial charge in [-0.25, -0.2) is 13.8 Å². The van der Waals surface area contributed by atoms with Gasteiger partial charge in [0.05, 0.1) is 12.2 Å². The number of halogens is 2. The Bertz CT molecular complexity index is 793. The smallest absolute Gasteiger partial charge is 0.208 e. The third-order valence-electron chi connectivity index (χ3n) is 3.20. The van der Waals surface area contributed by atoms with E-state index in [0.717, 1.165) is 12.2 Å². The van der Waals surface area contributed by atoms with E-state index < -0.39 is 0 Å². The quantitative estimate of drug-likeness (QED) is 0.511. The summed E-state index contributed by atoms with van der Waals surface area (Å²) < 4.78 is 32.0. The Morgan fingerprint density at radius 3 is 2.62 bits per heavy atom. The first-order valence-electron chi connectivity index (χ1n) is 7.41. The molecule has 0 bridgehead atoms. The second-order valence-electron chi connectivity index (χ2n) is 4.95. The van der Waals surface area contributed by atoms with Crippen LogP contribution >= 0.6 is 11.8 Å². The van der Waals surface area contributed by atoms with Crippen LogP contribution in [0.4, 0.5) is 8.78 Å². The van der Waals surface area contributed by atoms with Gasteiger partial charge < -0.3 is 4.74 Å². The molecule has 2 aromatic carbocycles. The zero-order chi connectivity index (χ0) is 16.8. The average Bonchev–Trinajstić information content (AvgIpc) is 3.05. The molecular formula is C17H15F2N3OS. The zero-order valence-electron chi connectivity index (χ0n) is 12.7. The number of benzene rings is 2. The Morgan fingerprint density at radius 1 is 1.04 bits per heavy atom. The van der Waals surface area contributed by atoms with E-state index in [1.165, 1.54) is 30.0 Å². The van der Waals surface area contributed by atoms with E-state index in [9.17, 15) is 8.78 Å². The molecule has 0 atom stereocenters. The highest BCUT2D eigenvalue weighted by Gasteiger charge is 2.09. The van der Waals surface area contributed by atoms with Crippen molar-refractivity contribution in [1.29, 1.82) is 0 Å². The Balaban J connectivity index is 1.44. The number of aromatic nitrogens is 3. The maximum absolute atomic E-state index is 13.7. The second-order valence-corrected chi connectivity index (χ2v) is 6.01. The van der Waals surface area contributed by atoms with Gasteiger partial charge in [-0.1, -0.05) is 23.9 Å². The molecule has 0 saturated carbocycles. The van der Waals surface area contributed by atoms with Gasteiger partial charge in [0.2, 0.25) is 5.16 Å². The van der Waals surface area contributed by atoms with Crippen LogP contribution < -0.4 is 4.74 Å². The van der Waals surface area contributed by atoms with Crippen molar-refractivity contribution < 1.29 is 13.5 Å². The van der Waals surface area contributed by atoms with Gasteiger partial charge in [0.1, 0.15) is 17.4 Å². The summed E-state index contributed by atoms with van der Waals surface area (Å²) in [4.78, 5) is 4.28. The third kappa shape index (κ3) is 4.32. The molecular weight excluding hydrogens is 332 g/mol. The summed E-state index contributed by atoms with van der Waals surface area (Å²) in [5.74, 6) is 1.20. The highest BCUT2D eigenvalue weighted by atomic mass is 32.2. The molecule has 0 unspecified atom stereocenters. The van der Waals surface area contributed by atoms with Gasteiger partial charge in [0, 0.05) is 5.75 Å². The molecule has 0 aliphatic carbocycles. The molecule has 0 aliphatic rings. The number of hydrogen-bond acceptors (Lipinski definition) is 4. The van der Waals surface area contributed by atoms with Crippen molar-refractivity contribution in [2.75, 3.05) is 12.4 Å². The van der Waals surface area contributed by atoms with E-state index in [4.69, 9.17) is 4.74 Å². The summed E-state index contributed by atoms with van der Waals surface area (Å²) in [5, 5.41) is 7.39. The maximum Gasteiger partial charge on any atom is 0.208 e. The lowest BCUT2D eigenvalue weighted by molar-refractivity contribution is 0.318. The molecule has 0 fully saturated rings.